The van der Waals surface area contributed by atoms with E-state index in [-0.39, 0.29) is 16.0 Å². The molecule has 1 fully saturated rings. The zero-order valence-electron chi connectivity index (χ0n) is 10.1. The minimum Gasteiger partial charge on any atom is -0.492 e. The van der Waals surface area contributed by atoms with Crippen LogP contribution in [-0.4, -0.2) is 27.7 Å². The van der Waals surface area contributed by atoms with Crippen LogP contribution >= 0.6 is 22.3 Å². The molecule has 0 N–H and O–H groups in total. The Labute approximate surface area is 122 Å². The SMILES string of the molecule is O=S(=O)(Cl)c1ccc(OCCC2CCCO2)c(Cl)c1. The molecule has 0 radical (unpaired) electrons. The predicted octanol–water partition coefficient (Wildman–Crippen LogP) is 3.22. The fourth-order valence-corrected chi connectivity index (χ4v) is 3.00. The zero-order chi connectivity index (χ0) is 13.9. The highest BCUT2D eigenvalue weighted by Crippen LogP contribution is 2.29. The number of hydrogen-bond acceptors (Lipinski definition) is 4. The molecule has 2 rings (SSSR count). The van der Waals surface area contributed by atoms with E-state index < -0.39 is 9.05 Å². The van der Waals surface area contributed by atoms with Crippen molar-refractivity contribution in [3.8, 4) is 5.75 Å². The minimum absolute atomic E-state index is 0.0364. The third-order valence-electron chi connectivity index (χ3n) is 2.91. The van der Waals surface area contributed by atoms with Gasteiger partial charge in [-0.15, -0.1) is 0 Å². The zero-order valence-corrected chi connectivity index (χ0v) is 12.5. The maximum Gasteiger partial charge on any atom is 0.261 e. The van der Waals surface area contributed by atoms with Gasteiger partial charge in [-0.25, -0.2) is 8.42 Å². The molecule has 0 spiro atoms. The van der Waals surface area contributed by atoms with E-state index in [1.807, 2.05) is 0 Å². The van der Waals surface area contributed by atoms with Crippen LogP contribution in [0, 0.1) is 0 Å². The summed E-state index contributed by atoms with van der Waals surface area (Å²) in [7, 11) is 1.47. The molecular formula is C12H14Cl2O4S. The third-order valence-corrected chi connectivity index (χ3v) is 4.55. The van der Waals surface area contributed by atoms with Crippen LogP contribution in [0.2, 0.25) is 5.02 Å². The van der Waals surface area contributed by atoms with E-state index in [9.17, 15) is 8.42 Å². The first kappa shape index (κ1) is 14.9. The Hall–Kier alpha value is -0.490. The molecular weight excluding hydrogens is 311 g/mol. The molecule has 1 saturated heterocycles. The van der Waals surface area contributed by atoms with Gasteiger partial charge in [-0.1, -0.05) is 11.6 Å². The van der Waals surface area contributed by atoms with Crippen LogP contribution in [0.25, 0.3) is 0 Å². The Bertz CT molecular complexity index is 539. The average Bonchev–Trinajstić information content (AvgIpc) is 2.83. The second kappa shape index (κ2) is 6.31. The molecule has 0 bridgehead atoms. The van der Waals surface area contributed by atoms with Gasteiger partial charge >= 0.3 is 0 Å². The molecule has 106 valence electrons. The molecule has 1 aromatic carbocycles. The fourth-order valence-electron chi connectivity index (χ4n) is 1.92. The first-order chi connectivity index (χ1) is 8.97. The Balaban J connectivity index is 1.93. The number of rotatable bonds is 5. The number of ether oxygens (including phenoxy) is 2. The fraction of sp³-hybridized carbons (Fsp3) is 0.500. The summed E-state index contributed by atoms with van der Waals surface area (Å²) in [5.41, 5.74) is 0. The van der Waals surface area contributed by atoms with Gasteiger partial charge in [-0.05, 0) is 31.0 Å². The number of hydrogen-bond donors (Lipinski definition) is 0. The maximum atomic E-state index is 11.1. The van der Waals surface area contributed by atoms with E-state index >= 15 is 0 Å². The highest BCUT2D eigenvalue weighted by atomic mass is 35.7. The van der Waals surface area contributed by atoms with Crippen molar-refractivity contribution in [2.75, 3.05) is 13.2 Å². The summed E-state index contributed by atoms with van der Waals surface area (Å²) in [6, 6.07) is 4.16. The van der Waals surface area contributed by atoms with Crippen LogP contribution in [0.4, 0.5) is 0 Å². The van der Waals surface area contributed by atoms with Crippen molar-refractivity contribution in [3.05, 3.63) is 23.2 Å². The lowest BCUT2D eigenvalue weighted by molar-refractivity contribution is 0.0903. The first-order valence-corrected chi connectivity index (χ1v) is 8.64. The molecule has 7 heteroatoms. The van der Waals surface area contributed by atoms with E-state index in [1.165, 1.54) is 18.2 Å². The highest BCUT2D eigenvalue weighted by Gasteiger charge is 2.16. The molecule has 1 heterocycles. The molecule has 1 aliphatic rings. The van der Waals surface area contributed by atoms with Crippen molar-refractivity contribution in [2.45, 2.75) is 30.3 Å². The first-order valence-electron chi connectivity index (χ1n) is 5.95. The van der Waals surface area contributed by atoms with Crippen LogP contribution in [-0.2, 0) is 13.8 Å². The van der Waals surface area contributed by atoms with Crippen molar-refractivity contribution in [2.24, 2.45) is 0 Å². The molecule has 19 heavy (non-hydrogen) atoms. The molecule has 1 aromatic rings. The van der Waals surface area contributed by atoms with Gasteiger partial charge in [0.2, 0.25) is 0 Å². The van der Waals surface area contributed by atoms with E-state index in [0.717, 1.165) is 25.9 Å². The number of halogens is 2. The standard InChI is InChI=1S/C12H14Cl2O4S/c13-11-8-10(19(14,15)16)3-4-12(11)18-7-5-9-2-1-6-17-9/h3-4,8-9H,1-2,5-7H2. The Morgan fingerprint density at radius 2 is 2.21 bits per heavy atom. The quantitative estimate of drug-likeness (QED) is 0.780. The Morgan fingerprint density at radius 3 is 2.79 bits per heavy atom. The molecule has 4 nitrogen and oxygen atoms in total. The summed E-state index contributed by atoms with van der Waals surface area (Å²) >= 11 is 5.95. The van der Waals surface area contributed by atoms with Crippen LogP contribution in [0.5, 0.6) is 5.75 Å². The normalized spacial score (nSPS) is 19.6. The van der Waals surface area contributed by atoms with Crippen molar-refractivity contribution in [1.29, 1.82) is 0 Å². The van der Waals surface area contributed by atoms with Gasteiger partial charge in [-0.3, -0.25) is 0 Å². The maximum absolute atomic E-state index is 11.1. The predicted molar refractivity (Wildman–Crippen MR) is 73.6 cm³/mol. The van der Waals surface area contributed by atoms with Crippen LogP contribution < -0.4 is 4.74 Å². The lowest BCUT2D eigenvalue weighted by Crippen LogP contribution is -2.10. The lowest BCUT2D eigenvalue weighted by atomic mass is 10.2. The monoisotopic (exact) mass is 324 g/mol. The molecule has 0 aromatic heterocycles. The summed E-state index contributed by atoms with van der Waals surface area (Å²) in [6.45, 7) is 1.30. The average molecular weight is 325 g/mol. The van der Waals surface area contributed by atoms with Crippen LogP contribution in [0.15, 0.2) is 23.1 Å². The van der Waals surface area contributed by atoms with E-state index in [1.54, 1.807) is 0 Å². The summed E-state index contributed by atoms with van der Waals surface area (Å²) in [5, 5.41) is 0.231. The van der Waals surface area contributed by atoms with E-state index in [0.29, 0.717) is 12.4 Å². The van der Waals surface area contributed by atoms with Gasteiger partial charge < -0.3 is 9.47 Å². The van der Waals surface area contributed by atoms with Gasteiger partial charge in [0.15, 0.2) is 0 Å². The van der Waals surface area contributed by atoms with Crippen LogP contribution in [0.1, 0.15) is 19.3 Å². The third kappa shape index (κ3) is 4.24. The van der Waals surface area contributed by atoms with Crippen molar-refractivity contribution in [1.82, 2.24) is 0 Å². The van der Waals surface area contributed by atoms with Gasteiger partial charge in [0, 0.05) is 23.7 Å². The number of benzene rings is 1. The van der Waals surface area contributed by atoms with Crippen molar-refractivity contribution >= 4 is 31.3 Å². The van der Waals surface area contributed by atoms with Crippen molar-refractivity contribution in [3.63, 3.8) is 0 Å². The smallest absolute Gasteiger partial charge is 0.261 e. The molecule has 0 saturated carbocycles. The topological polar surface area (TPSA) is 52.6 Å². The second-order valence-electron chi connectivity index (χ2n) is 4.30. The summed E-state index contributed by atoms with van der Waals surface area (Å²) in [5.74, 6) is 0.448. The largest absolute Gasteiger partial charge is 0.492 e. The lowest BCUT2D eigenvalue weighted by Gasteiger charge is -2.11. The van der Waals surface area contributed by atoms with Gasteiger partial charge in [-0.2, -0.15) is 0 Å². The summed E-state index contributed by atoms with van der Waals surface area (Å²) < 4.78 is 33.3. The van der Waals surface area contributed by atoms with Gasteiger partial charge in [0.1, 0.15) is 5.75 Å². The summed E-state index contributed by atoms with van der Waals surface area (Å²) in [4.78, 5) is -0.0364. The summed E-state index contributed by atoms with van der Waals surface area (Å²) in [6.07, 6.45) is 3.20. The molecule has 0 amide bonds. The molecule has 1 unspecified atom stereocenters. The van der Waals surface area contributed by atoms with Crippen LogP contribution in [0.3, 0.4) is 0 Å². The Morgan fingerprint density at radius 1 is 1.42 bits per heavy atom. The van der Waals surface area contributed by atoms with Gasteiger partial charge in [0.05, 0.1) is 22.6 Å². The van der Waals surface area contributed by atoms with Crippen molar-refractivity contribution < 1.29 is 17.9 Å². The highest BCUT2D eigenvalue weighted by molar-refractivity contribution is 8.13. The second-order valence-corrected chi connectivity index (χ2v) is 7.28. The molecule has 1 atom stereocenters. The van der Waals surface area contributed by atoms with Gasteiger partial charge in [0.25, 0.3) is 9.05 Å². The Kier molecular flexibility index (Phi) is 4.95. The minimum atomic E-state index is -3.76. The molecule has 0 aliphatic carbocycles. The van der Waals surface area contributed by atoms with E-state index in [2.05, 4.69) is 0 Å². The van der Waals surface area contributed by atoms with E-state index in [4.69, 9.17) is 31.8 Å². The molecule has 1 aliphatic heterocycles.